The molecular weight excluding hydrogens is 328 g/mol. The molecule has 0 radical (unpaired) electrons. The molecule has 0 bridgehead atoms. The van der Waals surface area contributed by atoms with E-state index in [2.05, 4.69) is 48.8 Å². The lowest BCUT2D eigenvalue weighted by Gasteiger charge is -2.07. The van der Waals surface area contributed by atoms with Crippen LogP contribution in [0.15, 0.2) is 60.0 Å². The van der Waals surface area contributed by atoms with E-state index in [0.717, 1.165) is 35.0 Å². The van der Waals surface area contributed by atoms with Crippen molar-refractivity contribution < 1.29 is 4.74 Å². The molecule has 1 N–H and O–H groups in total. The summed E-state index contributed by atoms with van der Waals surface area (Å²) in [6, 6.07) is 18.9. The van der Waals surface area contributed by atoms with Gasteiger partial charge < -0.3 is 10.1 Å². The lowest BCUT2D eigenvalue weighted by molar-refractivity contribution is 0.306. The van der Waals surface area contributed by atoms with Crippen LogP contribution in [-0.4, -0.2) is 17.6 Å². The quantitative estimate of drug-likeness (QED) is 0.624. The molecule has 3 nitrogen and oxygen atoms in total. The number of nitrogens with zero attached hydrogens (tertiary/aromatic N) is 1. The second-order valence-electron chi connectivity index (χ2n) is 6.30. The first-order valence-electron chi connectivity index (χ1n) is 8.65. The number of thiazole rings is 1. The van der Waals surface area contributed by atoms with Crippen LogP contribution < -0.4 is 10.1 Å². The van der Waals surface area contributed by atoms with Crippen molar-refractivity contribution in [3.8, 4) is 16.3 Å². The third-order valence-electron chi connectivity index (χ3n) is 3.84. The molecule has 0 saturated carbocycles. The van der Waals surface area contributed by atoms with Crippen molar-refractivity contribution in [3.63, 3.8) is 0 Å². The van der Waals surface area contributed by atoms with Crippen LogP contribution in [0.5, 0.6) is 5.75 Å². The van der Waals surface area contributed by atoms with E-state index in [1.807, 2.05) is 30.3 Å². The van der Waals surface area contributed by atoms with Crippen molar-refractivity contribution >= 4 is 11.3 Å². The Kier molecular flexibility index (Phi) is 6.20. The second-order valence-corrected chi connectivity index (χ2v) is 7.16. The fraction of sp³-hybridized carbons (Fsp3) is 0.286. The molecular formula is C21H24N2OS. The third-order valence-corrected chi connectivity index (χ3v) is 4.78. The van der Waals surface area contributed by atoms with Crippen LogP contribution in [0.4, 0.5) is 0 Å². The minimum atomic E-state index is 0.515. The molecule has 2 aromatic carbocycles. The standard InChI is InChI=1S/C21H24N2OS/c1-16(2)22-13-12-19-15-25-21(23-19)18-8-10-20(11-9-18)24-14-17-6-4-3-5-7-17/h3-11,15-16,22H,12-14H2,1-2H3. The van der Waals surface area contributed by atoms with Crippen molar-refractivity contribution in [3.05, 3.63) is 71.2 Å². The van der Waals surface area contributed by atoms with Crippen LogP contribution in [-0.2, 0) is 13.0 Å². The largest absolute Gasteiger partial charge is 0.489 e. The van der Waals surface area contributed by atoms with Crippen LogP contribution in [0.2, 0.25) is 0 Å². The Morgan fingerprint density at radius 3 is 2.52 bits per heavy atom. The fourth-order valence-electron chi connectivity index (χ4n) is 2.48. The van der Waals surface area contributed by atoms with E-state index in [4.69, 9.17) is 9.72 Å². The lowest BCUT2D eigenvalue weighted by atomic mass is 10.2. The van der Waals surface area contributed by atoms with Crippen molar-refractivity contribution in [2.75, 3.05) is 6.54 Å². The molecule has 0 aliphatic heterocycles. The first-order chi connectivity index (χ1) is 12.2. The van der Waals surface area contributed by atoms with E-state index in [1.165, 1.54) is 5.56 Å². The molecule has 130 valence electrons. The van der Waals surface area contributed by atoms with Crippen LogP contribution in [0.3, 0.4) is 0 Å². The third kappa shape index (κ3) is 5.41. The Balaban J connectivity index is 1.56. The van der Waals surface area contributed by atoms with Crippen LogP contribution in [0.1, 0.15) is 25.1 Å². The van der Waals surface area contributed by atoms with Gasteiger partial charge in [-0.05, 0) is 29.8 Å². The summed E-state index contributed by atoms with van der Waals surface area (Å²) in [5.74, 6) is 0.880. The number of hydrogen-bond donors (Lipinski definition) is 1. The van der Waals surface area contributed by atoms with Gasteiger partial charge in [0.15, 0.2) is 0 Å². The predicted octanol–water partition coefficient (Wildman–Crippen LogP) is 4.93. The summed E-state index contributed by atoms with van der Waals surface area (Å²) in [4.78, 5) is 4.74. The van der Waals surface area contributed by atoms with Gasteiger partial charge in [-0.15, -0.1) is 11.3 Å². The molecule has 0 fully saturated rings. The Bertz CT molecular complexity index is 766. The van der Waals surface area contributed by atoms with Gasteiger partial charge >= 0.3 is 0 Å². The number of nitrogens with one attached hydrogen (secondary N) is 1. The maximum Gasteiger partial charge on any atom is 0.123 e. The molecule has 0 spiro atoms. The summed E-state index contributed by atoms with van der Waals surface area (Å²) in [6.45, 7) is 5.87. The minimum Gasteiger partial charge on any atom is -0.489 e. The highest BCUT2D eigenvalue weighted by atomic mass is 32.1. The van der Waals surface area contributed by atoms with Crippen LogP contribution in [0, 0.1) is 0 Å². The SMILES string of the molecule is CC(C)NCCc1csc(-c2ccc(OCc3ccccc3)cc2)n1. The zero-order valence-electron chi connectivity index (χ0n) is 14.7. The molecule has 3 rings (SSSR count). The summed E-state index contributed by atoms with van der Waals surface area (Å²) in [5.41, 5.74) is 3.46. The average molecular weight is 353 g/mol. The molecule has 1 aromatic heterocycles. The molecule has 25 heavy (non-hydrogen) atoms. The molecule has 4 heteroatoms. The van der Waals surface area contributed by atoms with Crippen molar-refractivity contribution in [2.45, 2.75) is 32.9 Å². The number of benzene rings is 2. The Hall–Kier alpha value is -2.17. The zero-order valence-corrected chi connectivity index (χ0v) is 15.6. The molecule has 0 saturated heterocycles. The maximum atomic E-state index is 5.84. The first-order valence-corrected chi connectivity index (χ1v) is 9.53. The van der Waals surface area contributed by atoms with Crippen LogP contribution in [0.25, 0.3) is 10.6 Å². The predicted molar refractivity (Wildman–Crippen MR) is 105 cm³/mol. The lowest BCUT2D eigenvalue weighted by Crippen LogP contribution is -2.24. The number of rotatable bonds is 8. The fourth-order valence-corrected chi connectivity index (χ4v) is 3.34. The molecule has 1 heterocycles. The van der Waals surface area contributed by atoms with Crippen molar-refractivity contribution in [1.82, 2.24) is 10.3 Å². The molecule has 3 aromatic rings. The Morgan fingerprint density at radius 1 is 1.04 bits per heavy atom. The normalized spacial score (nSPS) is 11.0. The van der Waals surface area contributed by atoms with Gasteiger partial charge in [-0.1, -0.05) is 44.2 Å². The molecule has 0 unspecified atom stereocenters. The highest BCUT2D eigenvalue weighted by Crippen LogP contribution is 2.26. The van der Waals surface area contributed by atoms with Crippen LogP contribution >= 0.6 is 11.3 Å². The second kappa shape index (κ2) is 8.79. The molecule has 0 aliphatic carbocycles. The van der Waals surface area contributed by atoms with Gasteiger partial charge in [0.25, 0.3) is 0 Å². The van der Waals surface area contributed by atoms with E-state index in [-0.39, 0.29) is 0 Å². The van der Waals surface area contributed by atoms with E-state index in [1.54, 1.807) is 11.3 Å². The molecule has 0 atom stereocenters. The minimum absolute atomic E-state index is 0.515. The topological polar surface area (TPSA) is 34.1 Å². The smallest absolute Gasteiger partial charge is 0.123 e. The van der Waals surface area contributed by atoms with Gasteiger partial charge in [0.1, 0.15) is 17.4 Å². The molecule has 0 amide bonds. The van der Waals surface area contributed by atoms with E-state index in [0.29, 0.717) is 12.6 Å². The van der Waals surface area contributed by atoms with Gasteiger partial charge in [-0.2, -0.15) is 0 Å². The van der Waals surface area contributed by atoms with Gasteiger partial charge in [0, 0.05) is 30.0 Å². The van der Waals surface area contributed by atoms with Gasteiger partial charge in [0.05, 0.1) is 5.69 Å². The van der Waals surface area contributed by atoms with Crippen molar-refractivity contribution in [2.24, 2.45) is 0 Å². The monoisotopic (exact) mass is 352 g/mol. The van der Waals surface area contributed by atoms with Gasteiger partial charge in [-0.3, -0.25) is 0 Å². The van der Waals surface area contributed by atoms with E-state index < -0.39 is 0 Å². The zero-order chi connectivity index (χ0) is 17.5. The molecule has 0 aliphatic rings. The Morgan fingerprint density at radius 2 is 1.80 bits per heavy atom. The highest BCUT2D eigenvalue weighted by molar-refractivity contribution is 7.13. The summed E-state index contributed by atoms with van der Waals surface area (Å²) in [6.07, 6.45) is 0.965. The highest BCUT2D eigenvalue weighted by Gasteiger charge is 2.06. The number of aromatic nitrogens is 1. The average Bonchev–Trinajstić information content (AvgIpc) is 3.10. The maximum absolute atomic E-state index is 5.84. The van der Waals surface area contributed by atoms with Crippen molar-refractivity contribution in [1.29, 1.82) is 0 Å². The van der Waals surface area contributed by atoms with Gasteiger partial charge in [-0.25, -0.2) is 4.98 Å². The Labute approximate surface area is 153 Å². The first kappa shape index (κ1) is 17.6. The summed E-state index contributed by atoms with van der Waals surface area (Å²) in [7, 11) is 0. The number of ether oxygens (including phenoxy) is 1. The van der Waals surface area contributed by atoms with E-state index >= 15 is 0 Å². The van der Waals surface area contributed by atoms with Gasteiger partial charge in [0.2, 0.25) is 0 Å². The number of hydrogen-bond acceptors (Lipinski definition) is 4. The summed E-state index contributed by atoms with van der Waals surface area (Å²) in [5, 5.41) is 6.64. The summed E-state index contributed by atoms with van der Waals surface area (Å²) < 4.78 is 5.84. The van der Waals surface area contributed by atoms with E-state index in [9.17, 15) is 0 Å². The summed E-state index contributed by atoms with van der Waals surface area (Å²) >= 11 is 1.70.